The SMILES string of the molecule is c1ccc(N(OCc2cccc3ccccc23)c2ccccc2OCCN2CCOCC2)nc1. The Labute approximate surface area is 200 Å². The quantitative estimate of drug-likeness (QED) is 0.323. The van der Waals surface area contributed by atoms with Crippen molar-refractivity contribution in [1.82, 2.24) is 9.88 Å². The highest BCUT2D eigenvalue weighted by Crippen LogP contribution is 2.34. The first-order chi connectivity index (χ1) is 16.9. The van der Waals surface area contributed by atoms with Crippen LogP contribution >= 0.6 is 0 Å². The molecule has 4 aromatic rings. The van der Waals surface area contributed by atoms with Gasteiger partial charge < -0.3 is 9.47 Å². The van der Waals surface area contributed by atoms with Crippen LogP contribution in [0.25, 0.3) is 10.8 Å². The van der Waals surface area contributed by atoms with Gasteiger partial charge in [0.25, 0.3) is 0 Å². The molecule has 0 atom stereocenters. The van der Waals surface area contributed by atoms with Crippen molar-refractivity contribution in [3.8, 4) is 5.75 Å². The molecule has 5 rings (SSSR count). The van der Waals surface area contributed by atoms with Gasteiger partial charge in [-0.05, 0) is 40.6 Å². The van der Waals surface area contributed by atoms with Crippen LogP contribution in [-0.4, -0.2) is 49.3 Å². The molecule has 0 spiro atoms. The predicted octanol–water partition coefficient (Wildman–Crippen LogP) is 5.22. The van der Waals surface area contributed by atoms with Crippen LogP contribution in [0.3, 0.4) is 0 Å². The standard InChI is InChI=1S/C28H29N3O3/c1-2-11-25-23(8-1)9-7-10-24(25)22-34-31(28-14-5-6-15-29-28)26-12-3-4-13-27(26)33-21-18-30-16-19-32-20-17-30/h1-15H,16-22H2. The molecule has 0 saturated carbocycles. The summed E-state index contributed by atoms with van der Waals surface area (Å²) < 4.78 is 11.7. The molecule has 0 unspecified atom stereocenters. The van der Waals surface area contributed by atoms with Crippen molar-refractivity contribution >= 4 is 22.3 Å². The summed E-state index contributed by atoms with van der Waals surface area (Å²) in [6.45, 7) is 5.31. The molecular weight excluding hydrogens is 426 g/mol. The summed E-state index contributed by atoms with van der Waals surface area (Å²) in [6.07, 6.45) is 1.77. The molecule has 6 nitrogen and oxygen atoms in total. The van der Waals surface area contributed by atoms with Crippen LogP contribution in [0.4, 0.5) is 11.5 Å². The molecule has 2 heterocycles. The number of anilines is 2. The highest BCUT2D eigenvalue weighted by atomic mass is 16.7. The largest absolute Gasteiger partial charge is 0.490 e. The number of ether oxygens (including phenoxy) is 2. The summed E-state index contributed by atoms with van der Waals surface area (Å²) in [7, 11) is 0. The van der Waals surface area contributed by atoms with Crippen LogP contribution in [0, 0.1) is 0 Å². The molecule has 1 saturated heterocycles. The average Bonchev–Trinajstić information content (AvgIpc) is 2.91. The molecule has 1 aliphatic rings. The summed E-state index contributed by atoms with van der Waals surface area (Å²) in [5.74, 6) is 1.46. The molecule has 34 heavy (non-hydrogen) atoms. The second kappa shape index (κ2) is 11.1. The average molecular weight is 456 g/mol. The number of hydrogen-bond donors (Lipinski definition) is 0. The maximum atomic E-state index is 6.41. The van der Waals surface area contributed by atoms with Crippen molar-refractivity contribution in [2.45, 2.75) is 6.61 Å². The zero-order valence-electron chi connectivity index (χ0n) is 19.2. The van der Waals surface area contributed by atoms with Crippen LogP contribution < -0.4 is 9.80 Å². The molecule has 3 aromatic carbocycles. The minimum absolute atomic E-state index is 0.403. The predicted molar refractivity (Wildman–Crippen MR) is 134 cm³/mol. The Morgan fingerprint density at radius 1 is 0.853 bits per heavy atom. The van der Waals surface area contributed by atoms with E-state index in [0.29, 0.717) is 19.0 Å². The molecule has 0 radical (unpaired) electrons. The second-order valence-electron chi connectivity index (χ2n) is 8.16. The van der Waals surface area contributed by atoms with E-state index in [4.69, 9.17) is 14.3 Å². The zero-order valence-corrected chi connectivity index (χ0v) is 19.2. The van der Waals surface area contributed by atoms with Crippen LogP contribution in [0.15, 0.2) is 91.1 Å². The number of aromatic nitrogens is 1. The van der Waals surface area contributed by atoms with Crippen LogP contribution in [-0.2, 0) is 16.2 Å². The van der Waals surface area contributed by atoms with Gasteiger partial charge in [0, 0.05) is 25.8 Å². The van der Waals surface area contributed by atoms with E-state index >= 15 is 0 Å². The van der Waals surface area contributed by atoms with Crippen molar-refractivity contribution in [2.24, 2.45) is 0 Å². The van der Waals surface area contributed by atoms with Gasteiger partial charge in [-0.1, -0.05) is 60.7 Å². The van der Waals surface area contributed by atoms with Gasteiger partial charge in [0.1, 0.15) is 24.7 Å². The lowest BCUT2D eigenvalue weighted by Crippen LogP contribution is -2.38. The van der Waals surface area contributed by atoms with E-state index in [0.717, 1.165) is 49.8 Å². The van der Waals surface area contributed by atoms with Gasteiger partial charge in [-0.2, -0.15) is 5.06 Å². The summed E-state index contributed by atoms with van der Waals surface area (Å²) >= 11 is 0. The van der Waals surface area contributed by atoms with E-state index in [-0.39, 0.29) is 0 Å². The first kappa shape index (κ1) is 22.3. The van der Waals surface area contributed by atoms with Crippen LogP contribution in [0.2, 0.25) is 0 Å². The molecule has 6 heteroatoms. The maximum absolute atomic E-state index is 6.41. The first-order valence-corrected chi connectivity index (χ1v) is 11.7. The van der Waals surface area contributed by atoms with Crippen LogP contribution in [0.1, 0.15) is 5.56 Å². The van der Waals surface area contributed by atoms with E-state index in [1.807, 2.05) is 42.5 Å². The number of hydrogen-bond acceptors (Lipinski definition) is 6. The summed E-state index contributed by atoms with van der Waals surface area (Å²) in [5, 5.41) is 4.15. The number of rotatable bonds is 9. The zero-order chi connectivity index (χ0) is 23.0. The molecular formula is C28H29N3O3. The normalized spacial score (nSPS) is 14.2. The summed E-state index contributed by atoms with van der Waals surface area (Å²) in [4.78, 5) is 13.3. The number of benzene rings is 3. The second-order valence-corrected chi connectivity index (χ2v) is 8.16. The lowest BCUT2D eigenvalue weighted by atomic mass is 10.1. The van der Waals surface area contributed by atoms with E-state index in [9.17, 15) is 0 Å². The lowest BCUT2D eigenvalue weighted by molar-refractivity contribution is 0.0321. The van der Waals surface area contributed by atoms with Gasteiger partial charge in [-0.3, -0.25) is 9.74 Å². The van der Waals surface area contributed by atoms with Gasteiger partial charge in [0.15, 0.2) is 5.82 Å². The molecule has 0 bridgehead atoms. The smallest absolute Gasteiger partial charge is 0.158 e. The molecule has 1 aliphatic heterocycles. The van der Waals surface area contributed by atoms with E-state index in [1.54, 1.807) is 11.3 Å². The fourth-order valence-electron chi connectivity index (χ4n) is 4.14. The molecule has 0 aliphatic carbocycles. The Balaban J connectivity index is 1.37. The van der Waals surface area contributed by atoms with Gasteiger partial charge >= 0.3 is 0 Å². The highest BCUT2D eigenvalue weighted by Gasteiger charge is 2.18. The third-order valence-corrected chi connectivity index (χ3v) is 5.94. The highest BCUT2D eigenvalue weighted by molar-refractivity contribution is 5.85. The third kappa shape index (κ3) is 5.37. The van der Waals surface area contributed by atoms with Gasteiger partial charge in [0.05, 0.1) is 13.2 Å². The fourth-order valence-corrected chi connectivity index (χ4v) is 4.14. The molecule has 1 fully saturated rings. The number of morpholine rings is 1. The molecule has 1 aromatic heterocycles. The minimum atomic E-state index is 0.403. The number of fused-ring (bicyclic) bond motifs is 1. The Bertz CT molecular complexity index is 1190. The van der Waals surface area contributed by atoms with Gasteiger partial charge in [0.2, 0.25) is 0 Å². The van der Waals surface area contributed by atoms with E-state index < -0.39 is 0 Å². The van der Waals surface area contributed by atoms with Gasteiger partial charge in [-0.25, -0.2) is 4.98 Å². The van der Waals surface area contributed by atoms with E-state index in [1.165, 1.54) is 10.8 Å². The Morgan fingerprint density at radius 3 is 2.53 bits per heavy atom. The van der Waals surface area contributed by atoms with Crippen molar-refractivity contribution in [3.63, 3.8) is 0 Å². The third-order valence-electron chi connectivity index (χ3n) is 5.94. The van der Waals surface area contributed by atoms with E-state index in [2.05, 4.69) is 52.3 Å². The first-order valence-electron chi connectivity index (χ1n) is 11.7. The Hall–Kier alpha value is -3.45. The Kier molecular flexibility index (Phi) is 7.31. The van der Waals surface area contributed by atoms with Gasteiger partial charge in [-0.15, -0.1) is 0 Å². The van der Waals surface area contributed by atoms with Crippen molar-refractivity contribution < 1.29 is 14.3 Å². The molecule has 0 amide bonds. The summed E-state index contributed by atoms with van der Waals surface area (Å²) in [5.41, 5.74) is 1.94. The Morgan fingerprint density at radius 2 is 1.65 bits per heavy atom. The van der Waals surface area contributed by atoms with Crippen molar-refractivity contribution in [2.75, 3.05) is 44.5 Å². The minimum Gasteiger partial charge on any atom is -0.490 e. The summed E-state index contributed by atoms with van der Waals surface area (Å²) in [6, 6.07) is 28.4. The fraction of sp³-hybridized carbons (Fsp3) is 0.250. The van der Waals surface area contributed by atoms with Crippen LogP contribution in [0.5, 0.6) is 5.75 Å². The number of pyridine rings is 1. The lowest BCUT2D eigenvalue weighted by Gasteiger charge is -2.27. The molecule has 174 valence electrons. The molecule has 0 N–H and O–H groups in total. The van der Waals surface area contributed by atoms with Crippen molar-refractivity contribution in [1.29, 1.82) is 0 Å². The monoisotopic (exact) mass is 455 g/mol. The maximum Gasteiger partial charge on any atom is 0.158 e. The topological polar surface area (TPSA) is 47.1 Å². The number of para-hydroxylation sites is 2. The number of nitrogens with zero attached hydrogens (tertiary/aromatic N) is 3. The van der Waals surface area contributed by atoms with Crippen molar-refractivity contribution in [3.05, 3.63) is 96.7 Å².